The van der Waals surface area contributed by atoms with Gasteiger partial charge in [0.25, 0.3) is 5.91 Å². The number of nitriles is 1. The van der Waals surface area contributed by atoms with Gasteiger partial charge in [-0.1, -0.05) is 0 Å². The summed E-state index contributed by atoms with van der Waals surface area (Å²) in [6, 6.07) is 6.77. The van der Waals surface area contributed by atoms with Gasteiger partial charge < -0.3 is 5.32 Å². The van der Waals surface area contributed by atoms with Gasteiger partial charge in [0.1, 0.15) is 22.7 Å². The molecule has 1 fully saturated rings. The molecule has 7 heteroatoms. The van der Waals surface area contributed by atoms with E-state index in [0.29, 0.717) is 16.5 Å². The molecule has 1 amide bonds. The number of halogens is 2. The second kappa shape index (κ2) is 7.19. The molecule has 1 N–H and O–H groups in total. The molecule has 4 nitrogen and oxygen atoms in total. The SMILES string of the molecule is CSc1nc(C2CC2)cc(C(=O)NCc2cc(F)cc(F)c2)c1C#N. The van der Waals surface area contributed by atoms with Crippen LogP contribution >= 0.6 is 11.8 Å². The topological polar surface area (TPSA) is 65.8 Å². The van der Waals surface area contributed by atoms with Gasteiger partial charge in [0.15, 0.2) is 0 Å². The van der Waals surface area contributed by atoms with E-state index in [2.05, 4.69) is 10.3 Å². The number of carbonyl (C=O) groups excluding carboxylic acids is 1. The molecule has 1 saturated carbocycles. The Morgan fingerprint density at radius 3 is 2.56 bits per heavy atom. The second-order valence-electron chi connectivity index (χ2n) is 5.83. The number of benzene rings is 1. The molecular weight excluding hydrogens is 344 g/mol. The van der Waals surface area contributed by atoms with Crippen LogP contribution in [0.4, 0.5) is 8.78 Å². The van der Waals surface area contributed by atoms with E-state index < -0.39 is 17.5 Å². The summed E-state index contributed by atoms with van der Waals surface area (Å²) < 4.78 is 26.5. The van der Waals surface area contributed by atoms with Gasteiger partial charge in [-0.15, -0.1) is 11.8 Å². The van der Waals surface area contributed by atoms with Crippen molar-refractivity contribution in [3.63, 3.8) is 0 Å². The van der Waals surface area contributed by atoms with Crippen molar-refractivity contribution in [1.29, 1.82) is 5.26 Å². The number of hydrogen-bond acceptors (Lipinski definition) is 4. The quantitative estimate of drug-likeness (QED) is 0.826. The van der Waals surface area contributed by atoms with Crippen molar-refractivity contribution in [3.8, 4) is 6.07 Å². The fourth-order valence-corrected chi connectivity index (χ4v) is 3.11. The number of pyridine rings is 1. The maximum atomic E-state index is 13.2. The molecule has 1 aliphatic rings. The molecule has 25 heavy (non-hydrogen) atoms. The maximum absolute atomic E-state index is 13.2. The Hall–Kier alpha value is -2.46. The van der Waals surface area contributed by atoms with Gasteiger partial charge in [-0.2, -0.15) is 5.26 Å². The van der Waals surface area contributed by atoms with Crippen LogP contribution in [0.3, 0.4) is 0 Å². The number of amides is 1. The normalized spacial score (nSPS) is 13.4. The number of carbonyl (C=O) groups is 1. The minimum atomic E-state index is -0.702. The lowest BCUT2D eigenvalue weighted by Crippen LogP contribution is -2.24. The minimum absolute atomic E-state index is 0.0337. The average molecular weight is 359 g/mol. The van der Waals surface area contributed by atoms with Crippen LogP contribution in [-0.4, -0.2) is 17.1 Å². The number of thioether (sulfide) groups is 1. The second-order valence-corrected chi connectivity index (χ2v) is 6.62. The van der Waals surface area contributed by atoms with Crippen LogP contribution < -0.4 is 5.32 Å². The molecule has 0 atom stereocenters. The summed E-state index contributed by atoms with van der Waals surface area (Å²) >= 11 is 1.32. The van der Waals surface area contributed by atoms with Crippen molar-refractivity contribution >= 4 is 17.7 Å². The molecule has 1 aromatic heterocycles. The minimum Gasteiger partial charge on any atom is -0.348 e. The van der Waals surface area contributed by atoms with Crippen LogP contribution in [0.25, 0.3) is 0 Å². The van der Waals surface area contributed by atoms with E-state index >= 15 is 0 Å². The van der Waals surface area contributed by atoms with Crippen LogP contribution in [0.2, 0.25) is 0 Å². The average Bonchev–Trinajstić information content (AvgIpc) is 3.42. The highest BCUT2D eigenvalue weighted by molar-refractivity contribution is 7.98. The van der Waals surface area contributed by atoms with Crippen molar-refractivity contribution in [3.05, 3.63) is 58.3 Å². The Balaban J connectivity index is 1.85. The fourth-order valence-electron chi connectivity index (χ4n) is 2.55. The molecule has 3 rings (SSSR count). The van der Waals surface area contributed by atoms with E-state index in [1.54, 1.807) is 12.3 Å². The van der Waals surface area contributed by atoms with Crippen LogP contribution in [0, 0.1) is 23.0 Å². The van der Waals surface area contributed by atoms with Crippen LogP contribution in [0.15, 0.2) is 29.3 Å². The number of nitrogens with one attached hydrogen (secondary N) is 1. The van der Waals surface area contributed by atoms with Gasteiger partial charge in [-0.25, -0.2) is 13.8 Å². The Morgan fingerprint density at radius 1 is 1.32 bits per heavy atom. The number of hydrogen-bond donors (Lipinski definition) is 1. The summed E-state index contributed by atoms with van der Waals surface area (Å²) in [7, 11) is 0. The van der Waals surface area contributed by atoms with Gasteiger partial charge in [0, 0.05) is 24.2 Å². The zero-order chi connectivity index (χ0) is 18.0. The zero-order valence-electron chi connectivity index (χ0n) is 13.5. The number of aromatic nitrogens is 1. The van der Waals surface area contributed by atoms with E-state index in [9.17, 15) is 18.8 Å². The van der Waals surface area contributed by atoms with Gasteiger partial charge in [-0.05, 0) is 42.9 Å². The number of nitrogens with zero attached hydrogens (tertiary/aromatic N) is 2. The largest absolute Gasteiger partial charge is 0.348 e. The van der Waals surface area contributed by atoms with Gasteiger partial charge in [0.05, 0.1) is 11.1 Å². The van der Waals surface area contributed by atoms with Gasteiger partial charge in [0.2, 0.25) is 0 Å². The van der Waals surface area contributed by atoms with Crippen molar-refractivity contribution < 1.29 is 13.6 Å². The third-order valence-corrected chi connectivity index (χ3v) is 4.61. The Morgan fingerprint density at radius 2 is 2.00 bits per heavy atom. The first kappa shape index (κ1) is 17.4. The van der Waals surface area contributed by atoms with Gasteiger partial charge in [-0.3, -0.25) is 4.79 Å². The van der Waals surface area contributed by atoms with Gasteiger partial charge >= 0.3 is 0 Å². The maximum Gasteiger partial charge on any atom is 0.253 e. The summed E-state index contributed by atoms with van der Waals surface area (Å²) in [5, 5.41) is 12.5. The Bertz CT molecular complexity index is 855. The van der Waals surface area contributed by atoms with E-state index in [4.69, 9.17) is 0 Å². The summed E-state index contributed by atoms with van der Waals surface area (Å²) in [5.41, 5.74) is 1.59. The predicted octanol–water partition coefficient (Wildman–Crippen LogP) is 3.76. The fraction of sp³-hybridized carbons (Fsp3) is 0.278. The predicted molar refractivity (Wildman–Crippen MR) is 90.2 cm³/mol. The monoisotopic (exact) mass is 359 g/mol. The highest BCUT2D eigenvalue weighted by Gasteiger charge is 2.28. The lowest BCUT2D eigenvalue weighted by molar-refractivity contribution is 0.0950. The molecule has 0 unspecified atom stereocenters. The standard InChI is InChI=1S/C18H15F2N3OS/c1-25-18-15(8-21)14(7-16(23-18)11-2-3-11)17(24)22-9-10-4-12(19)6-13(20)5-10/h4-7,11H,2-3,9H2,1H3,(H,22,24). The van der Waals surface area contributed by atoms with E-state index in [-0.39, 0.29) is 17.7 Å². The molecule has 2 aromatic rings. The number of rotatable bonds is 5. The molecule has 1 aliphatic carbocycles. The highest BCUT2D eigenvalue weighted by Crippen LogP contribution is 2.40. The first-order valence-electron chi connectivity index (χ1n) is 7.74. The molecule has 0 spiro atoms. The highest BCUT2D eigenvalue weighted by atomic mass is 32.2. The van der Waals surface area contributed by atoms with E-state index in [1.165, 1.54) is 11.8 Å². The Kier molecular flexibility index (Phi) is 5.00. The first-order valence-corrected chi connectivity index (χ1v) is 8.96. The van der Waals surface area contributed by atoms with E-state index in [0.717, 1.165) is 36.7 Å². The van der Waals surface area contributed by atoms with Crippen molar-refractivity contribution in [2.24, 2.45) is 0 Å². The summed E-state index contributed by atoms with van der Waals surface area (Å²) in [5.74, 6) is -1.53. The lowest BCUT2D eigenvalue weighted by atomic mass is 10.1. The third-order valence-electron chi connectivity index (χ3n) is 3.93. The lowest BCUT2D eigenvalue weighted by Gasteiger charge is -2.11. The van der Waals surface area contributed by atoms with Crippen molar-refractivity contribution in [1.82, 2.24) is 10.3 Å². The first-order chi connectivity index (χ1) is 12.0. The molecule has 0 radical (unpaired) electrons. The van der Waals surface area contributed by atoms with Crippen LogP contribution in [-0.2, 0) is 6.54 Å². The molecule has 0 aliphatic heterocycles. The molecule has 1 heterocycles. The van der Waals surface area contributed by atoms with Crippen molar-refractivity contribution in [2.45, 2.75) is 30.3 Å². The molecular formula is C18H15F2N3OS. The van der Waals surface area contributed by atoms with Crippen LogP contribution in [0.5, 0.6) is 0 Å². The molecule has 0 saturated heterocycles. The molecule has 0 bridgehead atoms. The Labute approximate surface area is 148 Å². The summed E-state index contributed by atoms with van der Waals surface area (Å²) in [6.45, 7) is -0.0337. The van der Waals surface area contributed by atoms with E-state index in [1.807, 2.05) is 6.07 Å². The van der Waals surface area contributed by atoms with Crippen LogP contribution in [0.1, 0.15) is 45.9 Å². The summed E-state index contributed by atoms with van der Waals surface area (Å²) in [6.07, 6.45) is 3.85. The zero-order valence-corrected chi connectivity index (χ0v) is 14.3. The summed E-state index contributed by atoms with van der Waals surface area (Å²) in [4.78, 5) is 17.0. The third kappa shape index (κ3) is 3.97. The molecule has 128 valence electrons. The molecule has 1 aromatic carbocycles. The van der Waals surface area contributed by atoms with Crippen molar-refractivity contribution in [2.75, 3.05) is 6.26 Å². The smallest absolute Gasteiger partial charge is 0.253 e.